The third kappa shape index (κ3) is 2.79. The zero-order valence-electron chi connectivity index (χ0n) is 14.0. The molecule has 0 saturated carbocycles. The normalized spacial score (nSPS) is 19.8. The quantitative estimate of drug-likeness (QED) is 0.691. The van der Waals surface area contributed by atoms with E-state index in [1.54, 1.807) is 0 Å². The van der Waals surface area contributed by atoms with Crippen LogP contribution in [-0.2, 0) is 10.2 Å². The molecule has 0 fully saturated rings. The van der Waals surface area contributed by atoms with Crippen LogP contribution < -0.4 is 0 Å². The summed E-state index contributed by atoms with van der Waals surface area (Å²) in [5.74, 6) is 0.208. The van der Waals surface area contributed by atoms with Crippen LogP contribution in [0.25, 0.3) is 11.6 Å². The SMILES string of the molecule is CC(C)=CCC1(C)C(=O)C(c2ccccc2)=Cc2ccccc21. The smallest absolute Gasteiger partial charge is 0.174 e. The Morgan fingerprint density at radius 3 is 2.35 bits per heavy atom. The Balaban J connectivity index is 2.17. The molecule has 1 heteroatoms. The van der Waals surface area contributed by atoms with Gasteiger partial charge in [0.1, 0.15) is 0 Å². The monoisotopic (exact) mass is 302 g/mol. The van der Waals surface area contributed by atoms with Crippen LogP contribution in [-0.4, -0.2) is 5.78 Å². The van der Waals surface area contributed by atoms with Gasteiger partial charge in [-0.2, -0.15) is 0 Å². The first-order chi connectivity index (χ1) is 11.0. The average molecular weight is 302 g/mol. The molecule has 116 valence electrons. The summed E-state index contributed by atoms with van der Waals surface area (Å²) in [5, 5.41) is 0. The number of ketones is 1. The zero-order chi connectivity index (χ0) is 16.4. The first kappa shape index (κ1) is 15.5. The predicted molar refractivity (Wildman–Crippen MR) is 97.2 cm³/mol. The first-order valence-corrected chi connectivity index (χ1v) is 8.07. The molecule has 1 unspecified atom stereocenters. The van der Waals surface area contributed by atoms with E-state index in [4.69, 9.17) is 0 Å². The van der Waals surface area contributed by atoms with Gasteiger partial charge in [-0.25, -0.2) is 0 Å². The van der Waals surface area contributed by atoms with Crippen LogP contribution in [0.15, 0.2) is 66.2 Å². The summed E-state index contributed by atoms with van der Waals surface area (Å²) in [6.45, 7) is 6.23. The van der Waals surface area contributed by atoms with E-state index in [0.29, 0.717) is 0 Å². The Labute approximate surface area is 138 Å². The van der Waals surface area contributed by atoms with Gasteiger partial charge in [-0.1, -0.05) is 66.2 Å². The number of carbonyl (C=O) groups excluding carboxylic acids is 1. The number of rotatable bonds is 3. The molecule has 2 aromatic carbocycles. The minimum Gasteiger partial charge on any atom is -0.293 e. The number of Topliss-reactive ketones (excluding diaryl/α,β-unsaturated/α-hetero) is 1. The summed E-state index contributed by atoms with van der Waals surface area (Å²) in [7, 11) is 0. The second-order valence-corrected chi connectivity index (χ2v) is 6.66. The summed E-state index contributed by atoms with van der Waals surface area (Å²) in [5.41, 5.74) is 4.82. The van der Waals surface area contributed by atoms with E-state index >= 15 is 0 Å². The maximum Gasteiger partial charge on any atom is 0.174 e. The van der Waals surface area contributed by atoms with Gasteiger partial charge in [-0.15, -0.1) is 0 Å². The lowest BCUT2D eigenvalue weighted by molar-refractivity contribution is -0.118. The first-order valence-electron chi connectivity index (χ1n) is 8.07. The molecule has 0 amide bonds. The van der Waals surface area contributed by atoms with Crippen molar-refractivity contribution in [1.82, 2.24) is 0 Å². The number of benzene rings is 2. The van der Waals surface area contributed by atoms with Gasteiger partial charge in [0.05, 0.1) is 5.41 Å². The number of hydrogen-bond acceptors (Lipinski definition) is 1. The highest BCUT2D eigenvalue weighted by Gasteiger charge is 2.40. The fraction of sp³-hybridized carbons (Fsp3) is 0.227. The minimum atomic E-state index is -0.506. The maximum atomic E-state index is 13.3. The molecular formula is C22H22O. The zero-order valence-corrected chi connectivity index (χ0v) is 14.0. The second-order valence-electron chi connectivity index (χ2n) is 6.66. The van der Waals surface area contributed by atoms with Crippen LogP contribution in [0.5, 0.6) is 0 Å². The van der Waals surface area contributed by atoms with Crippen molar-refractivity contribution >= 4 is 17.4 Å². The molecule has 1 aliphatic rings. The highest BCUT2D eigenvalue weighted by atomic mass is 16.1. The number of fused-ring (bicyclic) bond motifs is 1. The van der Waals surface area contributed by atoms with Crippen LogP contribution in [0.4, 0.5) is 0 Å². The molecule has 0 N–H and O–H groups in total. The average Bonchev–Trinajstić information content (AvgIpc) is 2.57. The van der Waals surface area contributed by atoms with E-state index in [-0.39, 0.29) is 5.78 Å². The van der Waals surface area contributed by atoms with Crippen LogP contribution in [0.1, 0.15) is 43.9 Å². The van der Waals surface area contributed by atoms with E-state index in [1.165, 1.54) is 5.57 Å². The summed E-state index contributed by atoms with van der Waals surface area (Å²) in [4.78, 5) is 13.3. The Bertz CT molecular complexity index is 792. The van der Waals surface area contributed by atoms with Crippen LogP contribution in [0.2, 0.25) is 0 Å². The highest BCUT2D eigenvalue weighted by Crippen LogP contribution is 2.42. The summed E-state index contributed by atoms with van der Waals surface area (Å²) in [6, 6.07) is 18.2. The molecule has 1 atom stereocenters. The minimum absolute atomic E-state index is 0.208. The standard InChI is InChI=1S/C22H22O/c1-16(2)13-14-22(3)20-12-8-7-11-18(20)15-19(21(22)23)17-9-5-4-6-10-17/h4-13,15H,14H2,1-3H3. The molecule has 0 spiro atoms. The molecular weight excluding hydrogens is 280 g/mol. The van der Waals surface area contributed by atoms with Crippen molar-refractivity contribution in [3.63, 3.8) is 0 Å². The lowest BCUT2D eigenvalue weighted by atomic mass is 9.67. The molecule has 0 bridgehead atoms. The van der Waals surface area contributed by atoms with Gasteiger partial charge in [0.25, 0.3) is 0 Å². The van der Waals surface area contributed by atoms with Gasteiger partial charge >= 0.3 is 0 Å². The number of carbonyl (C=O) groups is 1. The topological polar surface area (TPSA) is 17.1 Å². The van der Waals surface area contributed by atoms with Crippen molar-refractivity contribution in [2.45, 2.75) is 32.6 Å². The molecule has 0 aliphatic heterocycles. The lowest BCUT2D eigenvalue weighted by Crippen LogP contribution is -2.36. The maximum absolute atomic E-state index is 13.3. The van der Waals surface area contributed by atoms with Crippen molar-refractivity contribution in [2.24, 2.45) is 0 Å². The highest BCUT2D eigenvalue weighted by molar-refractivity contribution is 6.31. The van der Waals surface area contributed by atoms with E-state index in [0.717, 1.165) is 28.7 Å². The molecule has 23 heavy (non-hydrogen) atoms. The fourth-order valence-corrected chi connectivity index (χ4v) is 3.21. The van der Waals surface area contributed by atoms with E-state index in [2.05, 4.69) is 39.0 Å². The van der Waals surface area contributed by atoms with Crippen molar-refractivity contribution in [3.05, 3.63) is 82.9 Å². The Morgan fingerprint density at radius 2 is 1.65 bits per heavy atom. The molecule has 1 nitrogen and oxygen atoms in total. The van der Waals surface area contributed by atoms with Gasteiger partial charge < -0.3 is 0 Å². The summed E-state index contributed by atoms with van der Waals surface area (Å²) < 4.78 is 0. The van der Waals surface area contributed by atoms with E-state index in [9.17, 15) is 4.79 Å². The second kappa shape index (κ2) is 6.00. The van der Waals surface area contributed by atoms with Gasteiger partial charge in [0.2, 0.25) is 0 Å². The van der Waals surface area contributed by atoms with Crippen molar-refractivity contribution in [3.8, 4) is 0 Å². The van der Waals surface area contributed by atoms with Crippen molar-refractivity contribution in [1.29, 1.82) is 0 Å². The third-order valence-corrected chi connectivity index (χ3v) is 4.60. The van der Waals surface area contributed by atoms with Crippen molar-refractivity contribution < 1.29 is 4.79 Å². The fourth-order valence-electron chi connectivity index (χ4n) is 3.21. The molecule has 0 aromatic heterocycles. The lowest BCUT2D eigenvalue weighted by Gasteiger charge is -2.34. The summed E-state index contributed by atoms with van der Waals surface area (Å²) >= 11 is 0. The molecule has 0 saturated heterocycles. The molecule has 2 aromatic rings. The van der Waals surface area contributed by atoms with E-state index in [1.807, 2.05) is 48.5 Å². The predicted octanol–water partition coefficient (Wildman–Crippen LogP) is 5.42. The van der Waals surface area contributed by atoms with Crippen LogP contribution in [0, 0.1) is 0 Å². The Morgan fingerprint density at radius 1 is 1.00 bits per heavy atom. The van der Waals surface area contributed by atoms with Crippen LogP contribution in [0.3, 0.4) is 0 Å². The molecule has 0 heterocycles. The Kier molecular flexibility index (Phi) is 4.04. The number of hydrogen-bond donors (Lipinski definition) is 0. The van der Waals surface area contributed by atoms with E-state index < -0.39 is 5.41 Å². The summed E-state index contributed by atoms with van der Waals surface area (Å²) in [6.07, 6.45) is 4.94. The van der Waals surface area contributed by atoms with Gasteiger partial charge in [0.15, 0.2) is 5.78 Å². The number of allylic oxidation sites excluding steroid dienone is 3. The van der Waals surface area contributed by atoms with Crippen molar-refractivity contribution in [2.75, 3.05) is 0 Å². The van der Waals surface area contributed by atoms with Gasteiger partial charge in [0, 0.05) is 5.57 Å². The molecule has 1 aliphatic carbocycles. The van der Waals surface area contributed by atoms with Crippen LogP contribution >= 0.6 is 0 Å². The van der Waals surface area contributed by atoms with Gasteiger partial charge in [-0.3, -0.25) is 4.79 Å². The molecule has 3 rings (SSSR count). The molecule has 0 radical (unpaired) electrons. The largest absolute Gasteiger partial charge is 0.293 e. The van der Waals surface area contributed by atoms with Gasteiger partial charge in [-0.05, 0) is 50.0 Å². The Hall–Kier alpha value is -2.41. The third-order valence-electron chi connectivity index (χ3n) is 4.60.